The third-order valence-electron chi connectivity index (χ3n) is 18.1. The van der Waals surface area contributed by atoms with Crippen molar-refractivity contribution in [2.45, 2.75) is 167 Å². The van der Waals surface area contributed by atoms with Gasteiger partial charge in [-0.1, -0.05) is 61.7 Å². The minimum Gasteiger partial charge on any atom is -0.494 e. The Morgan fingerprint density at radius 1 is 0.254 bits per heavy atom. The third-order valence-corrected chi connectivity index (χ3v) is 18.1. The molecule has 0 bridgehead atoms. The van der Waals surface area contributed by atoms with Gasteiger partial charge in [0.25, 0.3) is 0 Å². The second kappa shape index (κ2) is 53.7. The Labute approximate surface area is 688 Å². The molecule has 2 atom stereocenters. The second-order valence-corrected chi connectivity index (χ2v) is 27.5. The molecule has 25 heteroatoms. The number of ether oxygens (including phenoxy) is 14. The molecule has 0 aromatic heterocycles. The van der Waals surface area contributed by atoms with Crippen LogP contribution in [0.3, 0.4) is 0 Å². The lowest BCUT2D eigenvalue weighted by atomic mass is 10.0. The Morgan fingerprint density at radius 2 is 0.475 bits per heavy atom. The van der Waals surface area contributed by atoms with Crippen molar-refractivity contribution in [1.82, 2.24) is 0 Å². The van der Waals surface area contributed by atoms with Crippen molar-refractivity contribution >= 4 is 65.7 Å². The molecule has 7 rings (SSSR count). The first-order valence-corrected chi connectivity index (χ1v) is 40.1. The number of esters is 11. The molecule has 0 saturated heterocycles. The average Bonchev–Trinajstić information content (AvgIpc) is 0.844. The first kappa shape index (κ1) is 92.8. The predicted molar refractivity (Wildman–Crippen MR) is 437 cm³/mol. The Hall–Kier alpha value is -12.4. The number of hydrogen-bond donors (Lipinski definition) is 0. The van der Waals surface area contributed by atoms with Crippen LogP contribution in [-0.4, -0.2) is 144 Å². The Balaban J connectivity index is 0.605. The van der Waals surface area contributed by atoms with Crippen LogP contribution in [0.25, 0.3) is 22.3 Å². The molecule has 25 nitrogen and oxygen atoms in total. The largest absolute Gasteiger partial charge is 0.494 e. The van der Waals surface area contributed by atoms with Crippen molar-refractivity contribution in [2.24, 2.45) is 0 Å². The summed E-state index contributed by atoms with van der Waals surface area (Å²) in [7, 11) is 0. The fourth-order valence-corrected chi connectivity index (χ4v) is 11.4. The van der Waals surface area contributed by atoms with Crippen LogP contribution in [0, 0.1) is 0 Å². The van der Waals surface area contributed by atoms with E-state index in [1.807, 2.05) is 62.4 Å². The second-order valence-electron chi connectivity index (χ2n) is 27.5. The van der Waals surface area contributed by atoms with Gasteiger partial charge in [-0.3, -0.25) is 19.2 Å². The van der Waals surface area contributed by atoms with Crippen molar-refractivity contribution in [1.29, 1.82) is 0 Å². The smallest absolute Gasteiger partial charge is 0.343 e. The van der Waals surface area contributed by atoms with E-state index in [2.05, 4.69) is 13.2 Å². The molecule has 0 N–H and O–H groups in total. The minimum atomic E-state index is -0.589. The molecule has 0 aliphatic carbocycles. The molecule has 118 heavy (non-hydrogen) atoms. The van der Waals surface area contributed by atoms with Crippen LogP contribution >= 0.6 is 0 Å². The van der Waals surface area contributed by atoms with Gasteiger partial charge in [0.15, 0.2) is 0 Å². The molecule has 0 amide bonds. The van der Waals surface area contributed by atoms with E-state index in [4.69, 9.17) is 66.3 Å². The summed E-state index contributed by atoms with van der Waals surface area (Å²) >= 11 is 0. The Bertz CT molecular complexity index is 4290. The van der Waals surface area contributed by atoms with Crippen molar-refractivity contribution in [3.63, 3.8) is 0 Å². The van der Waals surface area contributed by atoms with E-state index in [-0.39, 0.29) is 103 Å². The fraction of sp³-hybridized carbons (Fsp3) is 0.387. The van der Waals surface area contributed by atoms with Crippen LogP contribution < -0.4 is 23.7 Å². The average molecular weight is 1620 g/mol. The summed E-state index contributed by atoms with van der Waals surface area (Å²) in [6, 6.07) is 47.8. The van der Waals surface area contributed by atoms with Gasteiger partial charge in [0.2, 0.25) is 0 Å². The predicted octanol–water partition coefficient (Wildman–Crippen LogP) is 17.5. The van der Waals surface area contributed by atoms with E-state index in [1.54, 1.807) is 109 Å². The number of unbranched alkanes of at least 4 members (excludes halogenated alkanes) is 10. The van der Waals surface area contributed by atoms with Gasteiger partial charge in [0.05, 0.1) is 132 Å². The molecule has 7 aromatic carbocycles. The van der Waals surface area contributed by atoms with Crippen LogP contribution in [0.4, 0.5) is 0 Å². The summed E-state index contributed by atoms with van der Waals surface area (Å²) in [6.45, 7) is 12.6. The van der Waals surface area contributed by atoms with Gasteiger partial charge in [-0.25, -0.2) is 33.6 Å². The highest BCUT2D eigenvalue weighted by Gasteiger charge is 2.18. The number of carbonyl (C=O) groups excluding carboxylic acids is 11. The summed E-state index contributed by atoms with van der Waals surface area (Å²) in [4.78, 5) is 135. The zero-order valence-electron chi connectivity index (χ0n) is 67.2. The van der Waals surface area contributed by atoms with Crippen LogP contribution in [0.2, 0.25) is 0 Å². The molecule has 0 radical (unpaired) electrons. The molecule has 0 spiro atoms. The van der Waals surface area contributed by atoms with Gasteiger partial charge < -0.3 is 66.3 Å². The third kappa shape index (κ3) is 37.0. The fourth-order valence-electron chi connectivity index (χ4n) is 11.4. The summed E-state index contributed by atoms with van der Waals surface area (Å²) in [5.74, 6) is -3.00. The topological polar surface area (TPSA) is 317 Å². The molecule has 0 saturated carbocycles. The number of benzene rings is 7. The molecule has 628 valence electrons. The zero-order valence-corrected chi connectivity index (χ0v) is 67.2. The summed E-state index contributed by atoms with van der Waals surface area (Å²) in [5.41, 5.74) is 5.26. The van der Waals surface area contributed by atoms with E-state index in [1.165, 1.54) is 12.1 Å². The van der Waals surface area contributed by atoms with E-state index in [9.17, 15) is 52.7 Å². The molecular formula is C93H106O25. The lowest BCUT2D eigenvalue weighted by Crippen LogP contribution is -2.13. The maximum atomic E-state index is 12.8. The van der Waals surface area contributed by atoms with Gasteiger partial charge in [-0.15, -0.1) is 0 Å². The molecule has 0 heterocycles. The van der Waals surface area contributed by atoms with Gasteiger partial charge in [0, 0.05) is 25.0 Å². The van der Waals surface area contributed by atoms with Gasteiger partial charge in [-0.2, -0.15) is 0 Å². The Morgan fingerprint density at radius 3 is 0.780 bits per heavy atom. The number of rotatable bonds is 56. The quantitative estimate of drug-likeness (QED) is 0.0112. The molecular weight excluding hydrogens is 1520 g/mol. The molecule has 0 fully saturated rings. The maximum absolute atomic E-state index is 12.8. The first-order chi connectivity index (χ1) is 57.3. The number of carbonyl (C=O) groups is 11. The maximum Gasteiger partial charge on any atom is 0.343 e. The lowest BCUT2D eigenvalue weighted by molar-refractivity contribution is -0.150. The molecule has 2 unspecified atom stereocenters. The van der Waals surface area contributed by atoms with E-state index < -0.39 is 65.7 Å². The van der Waals surface area contributed by atoms with Crippen molar-refractivity contribution in [3.05, 3.63) is 223 Å². The standard InChI is InChI=1S/C93H106O25/c1-5-83(94)115-67(3)23-13-11-19-57-105-78-45-39-76(40-46-78)92(103)117-81-49-33-71(34-50-81)69-25-29-73(30-26-69)89(100)112-61-17-9-7-15-59-108-85(96)53-55-87(98)110-64-21-63-107-80-43-37-75(38-44-80)91(102)114-66-22-65-111-88(99)56-54-86(97)109-60-16-8-10-18-62-113-90(101)74-31-27-70(28-32-74)72-35-51-82(52-36-72)118-93(104)77-41-47-79(48-42-77)106-58-20-12-14-24-68(4)116-84(95)6-2/h5-6,25-52,67-68H,1-2,7-24,53-66H2,3-4H3. The van der Waals surface area contributed by atoms with Crippen LogP contribution in [0.15, 0.2) is 195 Å². The Kier molecular flexibility index (Phi) is 42.2. The van der Waals surface area contributed by atoms with Crippen molar-refractivity contribution in [3.8, 4) is 51.0 Å². The highest BCUT2D eigenvalue weighted by atomic mass is 16.6. The van der Waals surface area contributed by atoms with Gasteiger partial charge in [0.1, 0.15) is 28.7 Å². The summed E-state index contributed by atoms with van der Waals surface area (Å²) in [6.07, 6.45) is 14.3. The van der Waals surface area contributed by atoms with Crippen LogP contribution in [0.5, 0.6) is 28.7 Å². The highest BCUT2D eigenvalue weighted by Crippen LogP contribution is 2.28. The summed E-state index contributed by atoms with van der Waals surface area (Å²) in [5, 5.41) is 0. The van der Waals surface area contributed by atoms with E-state index >= 15 is 0 Å². The molecule has 0 aliphatic heterocycles. The lowest BCUT2D eigenvalue weighted by Gasteiger charge is -2.11. The van der Waals surface area contributed by atoms with Gasteiger partial charge in [-0.05, 0) is 260 Å². The zero-order chi connectivity index (χ0) is 84.3. The summed E-state index contributed by atoms with van der Waals surface area (Å²) < 4.78 is 76.0. The van der Waals surface area contributed by atoms with Gasteiger partial charge >= 0.3 is 65.7 Å². The van der Waals surface area contributed by atoms with Crippen LogP contribution in [0.1, 0.15) is 207 Å². The van der Waals surface area contributed by atoms with Crippen LogP contribution in [-0.2, 0) is 71.4 Å². The number of hydrogen-bond acceptors (Lipinski definition) is 25. The van der Waals surface area contributed by atoms with E-state index in [0.717, 1.165) is 111 Å². The molecule has 0 aliphatic rings. The van der Waals surface area contributed by atoms with Crippen molar-refractivity contribution < 1.29 is 119 Å². The monoisotopic (exact) mass is 1620 g/mol. The van der Waals surface area contributed by atoms with Crippen molar-refractivity contribution in [2.75, 3.05) is 66.1 Å². The SMILES string of the molecule is C=CC(=O)OC(C)CCCCCOc1ccc(C(=O)Oc2ccc(-c3ccc(C(=O)OCCCCCCOC(=O)CCC(=O)OCCCOC(=O)c4ccc(OCCCOC(=O)CCC(=O)OCCCCCCOC(=O)c5ccc(-c6ccc(OC(=O)c7ccc(OCCCCCC(C)OC(=O)C=C)cc7)cc6)cc5)cc4)cc3)cc2)cc1. The molecule has 7 aromatic rings. The first-order valence-electron chi connectivity index (χ1n) is 40.1. The normalized spacial score (nSPS) is 11.2. The minimum absolute atomic E-state index is 0.0115. The highest BCUT2D eigenvalue weighted by molar-refractivity contribution is 5.93. The van der Waals surface area contributed by atoms with E-state index in [0.29, 0.717) is 96.3 Å².